The molecule has 0 spiro atoms. The van der Waals surface area contributed by atoms with Gasteiger partial charge >= 0.3 is 0 Å². The summed E-state index contributed by atoms with van der Waals surface area (Å²) in [4.78, 5) is 58.0. The third-order valence-electron chi connectivity index (χ3n) is 7.72. The number of carbonyl (C=O) groups excluding carboxylic acids is 2. The Morgan fingerprint density at radius 3 is 2.60 bits per heavy atom. The van der Waals surface area contributed by atoms with Crippen LogP contribution in [0.3, 0.4) is 0 Å². The van der Waals surface area contributed by atoms with Gasteiger partial charge in [0.25, 0.3) is 11.5 Å². The summed E-state index contributed by atoms with van der Waals surface area (Å²) in [5, 5.41) is 6.55. The van der Waals surface area contributed by atoms with Gasteiger partial charge in [-0.25, -0.2) is 19.9 Å². The van der Waals surface area contributed by atoms with E-state index in [-0.39, 0.29) is 23.1 Å². The van der Waals surface area contributed by atoms with E-state index in [2.05, 4.69) is 30.6 Å². The number of amides is 2. The van der Waals surface area contributed by atoms with Crippen molar-refractivity contribution in [2.24, 2.45) is 0 Å². The van der Waals surface area contributed by atoms with E-state index in [1.807, 2.05) is 13.0 Å². The van der Waals surface area contributed by atoms with Crippen molar-refractivity contribution in [1.82, 2.24) is 29.8 Å². The highest BCUT2D eigenvalue weighted by Crippen LogP contribution is 2.34. The molecule has 1 fully saturated rings. The Hall–Kier alpha value is -4.19. The number of nitrogens with one attached hydrogen (secondary N) is 2. The van der Waals surface area contributed by atoms with Crippen LogP contribution in [-0.2, 0) is 11.3 Å². The fourth-order valence-corrected chi connectivity index (χ4v) is 6.63. The average Bonchev–Trinajstić information content (AvgIpc) is 3.54. The Morgan fingerprint density at radius 1 is 1.05 bits per heavy atom. The lowest BCUT2D eigenvalue weighted by Gasteiger charge is -2.19. The summed E-state index contributed by atoms with van der Waals surface area (Å²) in [6.45, 7) is 2.24. The molecule has 0 unspecified atom stereocenters. The first kappa shape index (κ1) is 26.1. The van der Waals surface area contributed by atoms with Gasteiger partial charge in [0, 0.05) is 45.4 Å². The first-order valence-electron chi connectivity index (χ1n) is 13.5. The molecule has 0 aromatic carbocycles. The van der Waals surface area contributed by atoms with Gasteiger partial charge in [-0.2, -0.15) is 0 Å². The Bertz CT molecular complexity index is 1640. The minimum atomic E-state index is -0.730. The lowest BCUT2D eigenvalue weighted by molar-refractivity contribution is -0.124. The van der Waals surface area contributed by atoms with Crippen molar-refractivity contribution < 1.29 is 9.59 Å². The summed E-state index contributed by atoms with van der Waals surface area (Å²) in [7, 11) is 0. The highest BCUT2D eigenvalue weighted by molar-refractivity contribution is 7.19. The second kappa shape index (κ2) is 10.8. The molecule has 6 rings (SSSR count). The number of fused-ring (bicyclic) bond motifs is 2. The minimum Gasteiger partial charge on any atom is -0.384 e. The van der Waals surface area contributed by atoms with Crippen molar-refractivity contribution in [1.29, 1.82) is 0 Å². The molecule has 0 radical (unpaired) electrons. The molecule has 2 aliphatic rings. The summed E-state index contributed by atoms with van der Waals surface area (Å²) in [5.74, 6) is 1.19. The number of nitrogen functional groups attached to an aromatic ring is 1. The largest absolute Gasteiger partial charge is 0.384 e. The van der Waals surface area contributed by atoms with E-state index in [1.165, 1.54) is 53.8 Å². The van der Waals surface area contributed by atoms with Crippen LogP contribution >= 0.6 is 11.3 Å². The maximum absolute atomic E-state index is 13.5. The SMILES string of the molecule is C[C@@H]1C[C@@H](C(=O)NCc2cc3cnc(N)cc3s2)n2c1ncc(NC(=O)c1cnc(C3CCCCC3)nc1)c2=O. The lowest BCUT2D eigenvalue weighted by Crippen LogP contribution is -2.36. The zero-order valence-corrected chi connectivity index (χ0v) is 22.9. The van der Waals surface area contributed by atoms with Gasteiger partial charge < -0.3 is 16.4 Å². The molecule has 12 heteroatoms. The highest BCUT2D eigenvalue weighted by atomic mass is 32.1. The zero-order valence-electron chi connectivity index (χ0n) is 22.1. The van der Waals surface area contributed by atoms with Gasteiger partial charge in [0.1, 0.15) is 29.2 Å². The Balaban J connectivity index is 1.16. The third-order valence-corrected chi connectivity index (χ3v) is 8.81. The number of anilines is 2. The van der Waals surface area contributed by atoms with Crippen molar-refractivity contribution in [3.05, 3.63) is 69.4 Å². The lowest BCUT2D eigenvalue weighted by atomic mass is 9.89. The molecular formula is C28H30N8O3S. The van der Waals surface area contributed by atoms with E-state index in [0.717, 1.165) is 33.6 Å². The van der Waals surface area contributed by atoms with E-state index in [0.29, 0.717) is 30.5 Å². The molecule has 0 saturated heterocycles. The molecule has 11 nitrogen and oxygen atoms in total. The number of rotatable bonds is 6. The van der Waals surface area contributed by atoms with Crippen LogP contribution in [0.15, 0.2) is 41.7 Å². The number of hydrogen-bond donors (Lipinski definition) is 3. The van der Waals surface area contributed by atoms with E-state index < -0.39 is 17.5 Å². The molecule has 1 aliphatic heterocycles. The van der Waals surface area contributed by atoms with Gasteiger partial charge in [0.05, 0.1) is 18.3 Å². The third kappa shape index (κ3) is 5.06. The van der Waals surface area contributed by atoms with Crippen molar-refractivity contribution in [2.75, 3.05) is 11.1 Å². The van der Waals surface area contributed by atoms with E-state index in [9.17, 15) is 14.4 Å². The van der Waals surface area contributed by atoms with Gasteiger partial charge in [-0.1, -0.05) is 26.2 Å². The van der Waals surface area contributed by atoms with Crippen LogP contribution in [0, 0.1) is 0 Å². The zero-order chi connectivity index (χ0) is 27.8. The number of hydrogen-bond acceptors (Lipinski definition) is 9. The normalized spacial score (nSPS) is 18.9. The molecule has 5 heterocycles. The number of carbonyl (C=O) groups is 2. The molecular weight excluding hydrogens is 528 g/mol. The summed E-state index contributed by atoms with van der Waals surface area (Å²) in [6.07, 6.45) is 12.2. The molecule has 206 valence electrons. The quantitative estimate of drug-likeness (QED) is 0.322. The first-order chi connectivity index (χ1) is 19.4. The van der Waals surface area contributed by atoms with Crippen LogP contribution in [0.2, 0.25) is 0 Å². The van der Waals surface area contributed by atoms with Gasteiger partial charge in [-0.3, -0.25) is 19.0 Å². The highest BCUT2D eigenvalue weighted by Gasteiger charge is 2.36. The maximum atomic E-state index is 13.5. The number of pyridine rings is 1. The molecule has 4 aromatic heterocycles. The monoisotopic (exact) mass is 558 g/mol. The smallest absolute Gasteiger partial charge is 0.278 e. The molecule has 1 aliphatic carbocycles. The second-order valence-corrected chi connectivity index (χ2v) is 11.7. The number of aromatic nitrogens is 5. The average molecular weight is 559 g/mol. The standard InChI is InChI=1S/C28H30N8O3S/c1-15-7-21(27(38)34-13-19-8-17-10-30-23(29)9-22(17)40-19)36-25(15)33-14-20(28(36)39)35-26(37)18-11-31-24(32-12-18)16-5-3-2-4-6-16/h8-12,14-16,21H,2-7,13H2,1H3,(H2,29,30)(H,34,38)(H,35,37)/t15-,21+/m1/s1. The van der Waals surface area contributed by atoms with Crippen molar-refractivity contribution in [3.63, 3.8) is 0 Å². The summed E-state index contributed by atoms with van der Waals surface area (Å²) in [5.41, 5.74) is 5.57. The molecule has 2 atom stereocenters. The Morgan fingerprint density at radius 2 is 1.82 bits per heavy atom. The van der Waals surface area contributed by atoms with Crippen LogP contribution < -0.4 is 21.9 Å². The number of nitrogens with two attached hydrogens (primary N) is 1. The van der Waals surface area contributed by atoms with Crippen LogP contribution in [-0.4, -0.2) is 36.3 Å². The van der Waals surface area contributed by atoms with E-state index in [1.54, 1.807) is 12.3 Å². The van der Waals surface area contributed by atoms with E-state index >= 15 is 0 Å². The minimum absolute atomic E-state index is 0.00611. The Labute approximate surface area is 234 Å². The number of thiophene rings is 1. The van der Waals surface area contributed by atoms with E-state index in [4.69, 9.17) is 5.73 Å². The van der Waals surface area contributed by atoms with Crippen LogP contribution in [0.25, 0.3) is 10.1 Å². The van der Waals surface area contributed by atoms with Crippen molar-refractivity contribution in [2.45, 2.75) is 69.9 Å². The van der Waals surface area contributed by atoms with Crippen molar-refractivity contribution in [3.8, 4) is 0 Å². The van der Waals surface area contributed by atoms with Crippen molar-refractivity contribution >= 4 is 44.7 Å². The predicted octanol–water partition coefficient (Wildman–Crippen LogP) is 3.89. The second-order valence-electron chi connectivity index (χ2n) is 10.6. The van der Waals surface area contributed by atoms with Crippen LogP contribution in [0.4, 0.5) is 11.5 Å². The van der Waals surface area contributed by atoms with Gasteiger partial charge in [-0.05, 0) is 31.4 Å². The van der Waals surface area contributed by atoms with Gasteiger partial charge in [0.15, 0.2) is 0 Å². The summed E-state index contributed by atoms with van der Waals surface area (Å²) >= 11 is 1.53. The molecule has 4 aromatic rings. The van der Waals surface area contributed by atoms with Gasteiger partial charge in [0.2, 0.25) is 5.91 Å². The predicted molar refractivity (Wildman–Crippen MR) is 152 cm³/mol. The maximum Gasteiger partial charge on any atom is 0.278 e. The van der Waals surface area contributed by atoms with Crippen LogP contribution in [0.5, 0.6) is 0 Å². The molecule has 1 saturated carbocycles. The number of nitrogens with zero attached hydrogens (tertiary/aromatic N) is 5. The molecule has 2 amide bonds. The van der Waals surface area contributed by atoms with Crippen LogP contribution in [0.1, 0.15) is 90.2 Å². The first-order valence-corrected chi connectivity index (χ1v) is 14.4. The topological polar surface area (TPSA) is 158 Å². The fourth-order valence-electron chi connectivity index (χ4n) is 5.61. The molecule has 0 bridgehead atoms. The molecule has 40 heavy (non-hydrogen) atoms. The Kier molecular flexibility index (Phi) is 7.01. The van der Waals surface area contributed by atoms with Gasteiger partial charge in [-0.15, -0.1) is 11.3 Å². The summed E-state index contributed by atoms with van der Waals surface area (Å²) < 4.78 is 2.39. The fraction of sp³-hybridized carbons (Fsp3) is 0.393. The molecule has 4 N–H and O–H groups in total. The summed E-state index contributed by atoms with van der Waals surface area (Å²) in [6, 6.07) is 3.04.